The third-order valence-corrected chi connectivity index (χ3v) is 4.68. The van der Waals surface area contributed by atoms with Gasteiger partial charge in [-0.3, -0.25) is 0 Å². The molecule has 0 bridgehead atoms. The second kappa shape index (κ2) is 4.04. The number of fused-ring (bicyclic) bond motifs is 2. The predicted octanol–water partition coefficient (Wildman–Crippen LogP) is 4.32. The van der Waals surface area contributed by atoms with Crippen molar-refractivity contribution in [3.8, 4) is 5.75 Å². The van der Waals surface area contributed by atoms with Gasteiger partial charge in [-0.15, -0.1) is 0 Å². The number of aromatic nitrogens is 1. The minimum Gasteiger partial charge on any atom is -0.506 e. The summed E-state index contributed by atoms with van der Waals surface area (Å²) >= 11 is 0. The van der Waals surface area contributed by atoms with Crippen LogP contribution in [0.3, 0.4) is 0 Å². The number of hydrogen-bond acceptors (Lipinski definition) is 2. The number of nitrogens with one attached hydrogen (secondary N) is 2. The maximum atomic E-state index is 9.98. The van der Waals surface area contributed by atoms with Gasteiger partial charge in [-0.1, -0.05) is 44.2 Å². The molecule has 1 unspecified atom stereocenters. The van der Waals surface area contributed by atoms with E-state index in [4.69, 9.17) is 0 Å². The number of H-pyrrole nitrogens is 1. The van der Waals surface area contributed by atoms with Crippen molar-refractivity contribution in [3.05, 3.63) is 59.8 Å². The van der Waals surface area contributed by atoms with Crippen molar-refractivity contribution in [2.24, 2.45) is 0 Å². The molecule has 3 nitrogen and oxygen atoms in total. The van der Waals surface area contributed by atoms with Gasteiger partial charge in [0.05, 0.1) is 11.6 Å². The minimum atomic E-state index is -0.00280. The van der Waals surface area contributed by atoms with Gasteiger partial charge < -0.3 is 15.4 Å². The summed E-state index contributed by atoms with van der Waals surface area (Å²) in [5, 5.41) is 14.7. The Labute approximate surface area is 123 Å². The van der Waals surface area contributed by atoms with Crippen molar-refractivity contribution in [1.29, 1.82) is 0 Å². The fraction of sp³-hybridized carbons (Fsp3) is 0.222. The average Bonchev–Trinajstić information content (AvgIpc) is 3.00. The Bertz CT molecular complexity index is 832. The van der Waals surface area contributed by atoms with E-state index in [1.165, 1.54) is 16.8 Å². The van der Waals surface area contributed by atoms with Crippen LogP contribution in [-0.2, 0) is 5.41 Å². The van der Waals surface area contributed by atoms with Gasteiger partial charge in [0.1, 0.15) is 5.75 Å². The van der Waals surface area contributed by atoms with Crippen LogP contribution in [0.5, 0.6) is 5.75 Å². The number of hydrogen-bond donors (Lipinski definition) is 3. The van der Waals surface area contributed by atoms with Crippen molar-refractivity contribution in [2.45, 2.75) is 25.3 Å². The zero-order valence-corrected chi connectivity index (χ0v) is 12.1. The first kappa shape index (κ1) is 12.3. The molecule has 3 heteroatoms. The fourth-order valence-corrected chi connectivity index (χ4v) is 3.53. The normalized spacial score (nSPS) is 19.4. The van der Waals surface area contributed by atoms with E-state index in [1.807, 2.05) is 12.3 Å². The summed E-state index contributed by atoms with van der Waals surface area (Å²) in [4.78, 5) is 3.21. The van der Waals surface area contributed by atoms with E-state index in [1.54, 1.807) is 6.07 Å². The van der Waals surface area contributed by atoms with E-state index in [0.29, 0.717) is 5.75 Å². The third kappa shape index (κ3) is 1.60. The van der Waals surface area contributed by atoms with Crippen molar-refractivity contribution >= 4 is 16.6 Å². The SMILES string of the molecule is CC1(C)c2ccccc2NC1c1c[nH]c2c(O)cccc12. The van der Waals surface area contributed by atoms with E-state index in [2.05, 4.69) is 54.5 Å². The first-order valence-corrected chi connectivity index (χ1v) is 7.24. The van der Waals surface area contributed by atoms with Crippen LogP contribution in [0.25, 0.3) is 10.9 Å². The first-order valence-electron chi connectivity index (χ1n) is 7.24. The molecule has 0 radical (unpaired) electrons. The zero-order chi connectivity index (χ0) is 14.6. The van der Waals surface area contributed by atoms with E-state index in [9.17, 15) is 5.11 Å². The summed E-state index contributed by atoms with van der Waals surface area (Å²) in [6.07, 6.45) is 2.01. The number of aromatic hydroxyl groups is 1. The summed E-state index contributed by atoms with van der Waals surface area (Å²) in [5.41, 5.74) is 4.53. The average molecular weight is 278 g/mol. The van der Waals surface area contributed by atoms with E-state index in [0.717, 1.165) is 10.9 Å². The molecule has 1 aliphatic rings. The summed E-state index contributed by atoms with van der Waals surface area (Å²) in [7, 11) is 0. The Balaban J connectivity index is 1.90. The van der Waals surface area contributed by atoms with E-state index < -0.39 is 0 Å². The fourth-order valence-electron chi connectivity index (χ4n) is 3.53. The number of rotatable bonds is 1. The lowest BCUT2D eigenvalue weighted by atomic mass is 9.78. The van der Waals surface area contributed by atoms with Crippen LogP contribution in [0.1, 0.15) is 31.0 Å². The highest BCUT2D eigenvalue weighted by Crippen LogP contribution is 2.49. The number of phenolic OH excluding ortho intramolecular Hbond substituents is 1. The molecule has 2 aromatic carbocycles. The molecule has 4 rings (SSSR count). The van der Waals surface area contributed by atoms with Crippen LogP contribution < -0.4 is 5.32 Å². The molecule has 0 saturated carbocycles. The van der Waals surface area contributed by atoms with Gasteiger partial charge in [-0.25, -0.2) is 0 Å². The Kier molecular flexibility index (Phi) is 2.37. The van der Waals surface area contributed by atoms with Gasteiger partial charge in [-0.05, 0) is 17.7 Å². The number of benzene rings is 2. The molecular weight excluding hydrogens is 260 g/mol. The minimum absolute atomic E-state index is 0.00280. The van der Waals surface area contributed by atoms with Crippen molar-refractivity contribution in [1.82, 2.24) is 4.98 Å². The monoisotopic (exact) mass is 278 g/mol. The smallest absolute Gasteiger partial charge is 0.139 e. The van der Waals surface area contributed by atoms with Crippen LogP contribution in [0, 0.1) is 0 Å². The highest BCUT2D eigenvalue weighted by Gasteiger charge is 2.40. The highest BCUT2D eigenvalue weighted by molar-refractivity contribution is 5.89. The Morgan fingerprint density at radius 2 is 1.86 bits per heavy atom. The molecule has 1 aromatic heterocycles. The van der Waals surface area contributed by atoms with E-state index >= 15 is 0 Å². The molecule has 0 spiro atoms. The second-order valence-electron chi connectivity index (χ2n) is 6.29. The maximum absolute atomic E-state index is 9.98. The van der Waals surface area contributed by atoms with Crippen LogP contribution >= 0.6 is 0 Å². The number of anilines is 1. The van der Waals surface area contributed by atoms with Gasteiger partial charge >= 0.3 is 0 Å². The lowest BCUT2D eigenvalue weighted by Crippen LogP contribution is -2.25. The summed E-state index contributed by atoms with van der Waals surface area (Å²) in [6, 6.07) is 14.3. The molecule has 3 N–H and O–H groups in total. The van der Waals surface area contributed by atoms with Crippen molar-refractivity contribution in [2.75, 3.05) is 5.32 Å². The quantitative estimate of drug-likeness (QED) is 0.621. The third-order valence-electron chi connectivity index (χ3n) is 4.68. The molecule has 0 aliphatic carbocycles. The summed E-state index contributed by atoms with van der Waals surface area (Å²) in [5.74, 6) is 0.298. The van der Waals surface area contributed by atoms with Gasteiger partial charge in [0, 0.05) is 28.2 Å². The van der Waals surface area contributed by atoms with Crippen LogP contribution in [0.2, 0.25) is 0 Å². The van der Waals surface area contributed by atoms with Gasteiger partial charge in [0.25, 0.3) is 0 Å². The Morgan fingerprint density at radius 1 is 1.05 bits per heavy atom. The number of para-hydroxylation sites is 2. The lowest BCUT2D eigenvalue weighted by molar-refractivity contribution is 0.476. The first-order chi connectivity index (χ1) is 10.1. The zero-order valence-electron chi connectivity index (χ0n) is 12.1. The van der Waals surface area contributed by atoms with Crippen LogP contribution in [-0.4, -0.2) is 10.1 Å². The standard InChI is InChI=1S/C18H18N2O/c1-18(2)13-7-3-4-8-14(13)20-17(18)12-10-19-16-11(12)6-5-9-15(16)21/h3-10,17,19-21H,1-2H3. The lowest BCUT2D eigenvalue weighted by Gasteiger charge is -2.27. The van der Waals surface area contributed by atoms with Gasteiger partial charge in [0.2, 0.25) is 0 Å². The number of phenols is 1. The summed E-state index contributed by atoms with van der Waals surface area (Å²) < 4.78 is 0. The molecule has 1 aliphatic heterocycles. The molecular formula is C18H18N2O. The maximum Gasteiger partial charge on any atom is 0.139 e. The van der Waals surface area contributed by atoms with Crippen LogP contribution in [0.4, 0.5) is 5.69 Å². The highest BCUT2D eigenvalue weighted by atomic mass is 16.3. The molecule has 1 atom stereocenters. The van der Waals surface area contributed by atoms with Crippen LogP contribution in [0.15, 0.2) is 48.7 Å². The largest absolute Gasteiger partial charge is 0.506 e. The molecule has 0 fully saturated rings. The molecule has 106 valence electrons. The van der Waals surface area contributed by atoms with Crippen molar-refractivity contribution in [3.63, 3.8) is 0 Å². The molecule has 3 aromatic rings. The molecule has 2 heterocycles. The van der Waals surface area contributed by atoms with Gasteiger partial charge in [0.15, 0.2) is 0 Å². The van der Waals surface area contributed by atoms with Gasteiger partial charge in [-0.2, -0.15) is 0 Å². The molecule has 0 saturated heterocycles. The Morgan fingerprint density at radius 3 is 2.67 bits per heavy atom. The summed E-state index contributed by atoms with van der Waals surface area (Å²) in [6.45, 7) is 4.52. The molecule has 0 amide bonds. The van der Waals surface area contributed by atoms with E-state index in [-0.39, 0.29) is 11.5 Å². The second-order valence-corrected chi connectivity index (χ2v) is 6.29. The number of aromatic amines is 1. The van der Waals surface area contributed by atoms with Crippen molar-refractivity contribution < 1.29 is 5.11 Å². The predicted molar refractivity (Wildman–Crippen MR) is 85.8 cm³/mol. The molecule has 21 heavy (non-hydrogen) atoms. The topological polar surface area (TPSA) is 48.0 Å². The Hall–Kier alpha value is -2.42.